The van der Waals surface area contributed by atoms with Crippen molar-refractivity contribution in [3.63, 3.8) is 0 Å². The number of halogens is 2. The van der Waals surface area contributed by atoms with Crippen molar-refractivity contribution in [2.45, 2.75) is 16.7 Å². The number of sulfonamides is 1. The zero-order valence-electron chi connectivity index (χ0n) is 8.30. The van der Waals surface area contributed by atoms with E-state index in [0.29, 0.717) is 17.3 Å². The fourth-order valence-electron chi connectivity index (χ4n) is 1.54. The van der Waals surface area contributed by atoms with E-state index in [1.807, 2.05) is 0 Å². The van der Waals surface area contributed by atoms with Crippen LogP contribution in [0, 0.1) is 0 Å². The molecule has 0 aromatic carbocycles. The molecule has 2 N–H and O–H groups in total. The first kappa shape index (κ1) is 14.4. The monoisotopic (exact) mass is 346 g/mol. The Labute approximate surface area is 113 Å². The summed E-state index contributed by atoms with van der Waals surface area (Å²) in [5.41, 5.74) is 5.69. The predicted octanol–water partition coefficient (Wildman–Crippen LogP) is 1.65. The van der Waals surface area contributed by atoms with E-state index in [9.17, 15) is 8.42 Å². The standard InChI is InChI=1S/C8H11BrN2O2S2.ClH/c9-7-1-2-8(14-7)15(12,13)11-4-3-6(10)5-11;/h1-2,6H,3-5,10H2;1H/t6-;/m1./s1. The van der Waals surface area contributed by atoms with Crippen LogP contribution in [0.2, 0.25) is 0 Å². The molecule has 0 unspecified atom stereocenters. The van der Waals surface area contributed by atoms with Gasteiger partial charge in [0, 0.05) is 19.1 Å². The highest BCUT2D eigenvalue weighted by Gasteiger charge is 2.31. The molecule has 2 rings (SSSR count). The Bertz CT molecular complexity index is 462. The Morgan fingerprint density at radius 1 is 1.50 bits per heavy atom. The molecule has 0 spiro atoms. The number of hydrogen-bond donors (Lipinski definition) is 1. The molecule has 1 saturated heterocycles. The summed E-state index contributed by atoms with van der Waals surface area (Å²) < 4.78 is 26.8. The van der Waals surface area contributed by atoms with E-state index in [2.05, 4.69) is 15.9 Å². The molecule has 2 heterocycles. The van der Waals surface area contributed by atoms with Gasteiger partial charge in [-0.2, -0.15) is 4.31 Å². The molecule has 16 heavy (non-hydrogen) atoms. The average Bonchev–Trinajstić information content (AvgIpc) is 2.74. The van der Waals surface area contributed by atoms with Gasteiger partial charge in [0.2, 0.25) is 0 Å². The Morgan fingerprint density at radius 3 is 2.62 bits per heavy atom. The first-order valence-corrected chi connectivity index (χ1v) is 7.56. The fraction of sp³-hybridized carbons (Fsp3) is 0.500. The first-order valence-electron chi connectivity index (χ1n) is 4.51. The third-order valence-electron chi connectivity index (χ3n) is 2.33. The molecule has 0 bridgehead atoms. The summed E-state index contributed by atoms with van der Waals surface area (Å²) in [6.07, 6.45) is 0.742. The lowest BCUT2D eigenvalue weighted by molar-refractivity contribution is 0.474. The lowest BCUT2D eigenvalue weighted by Crippen LogP contribution is -2.31. The van der Waals surface area contributed by atoms with Crippen LogP contribution >= 0.6 is 39.7 Å². The van der Waals surface area contributed by atoms with Gasteiger partial charge in [-0.05, 0) is 34.5 Å². The predicted molar refractivity (Wildman–Crippen MR) is 70.6 cm³/mol. The highest BCUT2D eigenvalue weighted by atomic mass is 79.9. The van der Waals surface area contributed by atoms with Gasteiger partial charge in [0.1, 0.15) is 4.21 Å². The minimum atomic E-state index is -3.31. The zero-order chi connectivity index (χ0) is 11.1. The number of thiophene rings is 1. The minimum Gasteiger partial charge on any atom is -0.326 e. The van der Waals surface area contributed by atoms with Crippen LogP contribution in [0.1, 0.15) is 6.42 Å². The minimum absolute atomic E-state index is 0. The van der Waals surface area contributed by atoms with E-state index in [-0.39, 0.29) is 18.4 Å². The van der Waals surface area contributed by atoms with Crippen molar-refractivity contribution in [2.24, 2.45) is 5.73 Å². The van der Waals surface area contributed by atoms with Crippen molar-refractivity contribution in [1.82, 2.24) is 4.31 Å². The zero-order valence-corrected chi connectivity index (χ0v) is 12.3. The second-order valence-corrected chi connectivity index (χ2v) is 8.10. The topological polar surface area (TPSA) is 63.4 Å². The van der Waals surface area contributed by atoms with Crippen LogP contribution in [0.3, 0.4) is 0 Å². The second-order valence-electron chi connectivity index (χ2n) is 3.47. The Morgan fingerprint density at radius 2 is 2.19 bits per heavy atom. The second kappa shape index (κ2) is 5.32. The number of hydrogen-bond acceptors (Lipinski definition) is 4. The summed E-state index contributed by atoms with van der Waals surface area (Å²) in [6, 6.07) is 3.34. The molecule has 92 valence electrons. The summed E-state index contributed by atoms with van der Waals surface area (Å²) in [5, 5.41) is 0. The largest absolute Gasteiger partial charge is 0.326 e. The molecule has 0 aliphatic carbocycles. The molecular weight excluding hydrogens is 336 g/mol. The quantitative estimate of drug-likeness (QED) is 0.885. The highest BCUT2D eigenvalue weighted by Crippen LogP contribution is 2.29. The molecule has 1 aromatic rings. The maximum absolute atomic E-state index is 12.1. The number of nitrogens with two attached hydrogens (primary N) is 1. The molecule has 1 aliphatic rings. The molecular formula is C8H12BrClN2O2S2. The van der Waals surface area contributed by atoms with E-state index in [1.54, 1.807) is 12.1 Å². The Balaban J connectivity index is 0.00000128. The van der Waals surface area contributed by atoms with Crippen LogP contribution < -0.4 is 5.73 Å². The molecule has 1 aromatic heterocycles. The molecule has 4 nitrogen and oxygen atoms in total. The maximum Gasteiger partial charge on any atom is 0.252 e. The van der Waals surface area contributed by atoms with E-state index < -0.39 is 10.0 Å². The SMILES string of the molecule is Cl.N[C@@H]1CCN(S(=O)(=O)c2ccc(Br)s2)C1. The van der Waals surface area contributed by atoms with Crippen molar-refractivity contribution >= 4 is 49.7 Å². The summed E-state index contributed by atoms with van der Waals surface area (Å²) in [7, 11) is -3.31. The van der Waals surface area contributed by atoms with Crippen LogP contribution in [0.4, 0.5) is 0 Å². The van der Waals surface area contributed by atoms with Crippen LogP contribution in [0.5, 0.6) is 0 Å². The summed E-state index contributed by atoms with van der Waals surface area (Å²) in [4.78, 5) is 0. The lowest BCUT2D eigenvalue weighted by atomic mass is 10.3. The molecule has 0 radical (unpaired) electrons. The maximum atomic E-state index is 12.1. The molecule has 1 aliphatic heterocycles. The van der Waals surface area contributed by atoms with Crippen LogP contribution in [-0.4, -0.2) is 31.9 Å². The summed E-state index contributed by atoms with van der Waals surface area (Å²) in [6.45, 7) is 0.955. The third-order valence-corrected chi connectivity index (χ3v) is 6.29. The van der Waals surface area contributed by atoms with Gasteiger partial charge < -0.3 is 5.73 Å². The Kier molecular flexibility index (Phi) is 4.79. The highest BCUT2D eigenvalue weighted by molar-refractivity contribution is 9.11. The van der Waals surface area contributed by atoms with Crippen molar-refractivity contribution in [1.29, 1.82) is 0 Å². The molecule has 1 fully saturated rings. The van der Waals surface area contributed by atoms with E-state index in [1.165, 1.54) is 15.6 Å². The molecule has 8 heteroatoms. The van der Waals surface area contributed by atoms with Crippen LogP contribution in [-0.2, 0) is 10.0 Å². The van der Waals surface area contributed by atoms with Gasteiger partial charge in [-0.3, -0.25) is 0 Å². The Hall–Kier alpha value is 0.340. The number of nitrogens with zero attached hydrogens (tertiary/aromatic N) is 1. The van der Waals surface area contributed by atoms with Crippen LogP contribution in [0.15, 0.2) is 20.1 Å². The molecule has 0 saturated carbocycles. The average molecular weight is 348 g/mol. The first-order chi connectivity index (χ1) is 7.00. The van der Waals surface area contributed by atoms with Crippen LogP contribution in [0.25, 0.3) is 0 Å². The van der Waals surface area contributed by atoms with Crippen molar-refractivity contribution in [3.05, 3.63) is 15.9 Å². The smallest absolute Gasteiger partial charge is 0.252 e. The van der Waals surface area contributed by atoms with E-state index in [4.69, 9.17) is 5.73 Å². The molecule has 0 amide bonds. The summed E-state index contributed by atoms with van der Waals surface area (Å²) in [5.74, 6) is 0. The number of rotatable bonds is 2. The normalized spacial score (nSPS) is 22.0. The van der Waals surface area contributed by atoms with E-state index >= 15 is 0 Å². The third kappa shape index (κ3) is 2.77. The summed E-state index contributed by atoms with van der Waals surface area (Å²) >= 11 is 4.48. The lowest BCUT2D eigenvalue weighted by Gasteiger charge is -2.13. The van der Waals surface area contributed by atoms with Gasteiger partial charge in [-0.15, -0.1) is 23.7 Å². The van der Waals surface area contributed by atoms with E-state index in [0.717, 1.165) is 10.2 Å². The van der Waals surface area contributed by atoms with Crippen molar-refractivity contribution in [2.75, 3.05) is 13.1 Å². The van der Waals surface area contributed by atoms with Crippen molar-refractivity contribution < 1.29 is 8.42 Å². The van der Waals surface area contributed by atoms with Gasteiger partial charge >= 0.3 is 0 Å². The van der Waals surface area contributed by atoms with Gasteiger partial charge in [-0.1, -0.05) is 0 Å². The van der Waals surface area contributed by atoms with Crippen molar-refractivity contribution in [3.8, 4) is 0 Å². The fourth-order valence-corrected chi connectivity index (χ4v) is 5.21. The van der Waals surface area contributed by atoms with Gasteiger partial charge in [0.25, 0.3) is 10.0 Å². The van der Waals surface area contributed by atoms with Gasteiger partial charge in [0.05, 0.1) is 3.79 Å². The molecule has 1 atom stereocenters. The van der Waals surface area contributed by atoms with Gasteiger partial charge in [0.15, 0.2) is 0 Å². The van der Waals surface area contributed by atoms with Gasteiger partial charge in [-0.25, -0.2) is 8.42 Å².